The molecule has 2 heterocycles. The van der Waals surface area contributed by atoms with Crippen molar-refractivity contribution in [3.8, 4) is 6.19 Å². The van der Waals surface area contributed by atoms with Crippen molar-refractivity contribution in [2.24, 2.45) is 0 Å². The van der Waals surface area contributed by atoms with E-state index in [1.54, 1.807) is 6.19 Å². The van der Waals surface area contributed by atoms with E-state index >= 15 is 0 Å². The molecule has 0 bridgehead atoms. The Bertz CT molecular complexity index is 411. The van der Waals surface area contributed by atoms with Gasteiger partial charge in [-0.2, -0.15) is 5.26 Å². The molecule has 1 fully saturated rings. The van der Waals surface area contributed by atoms with Gasteiger partial charge in [-0.25, -0.2) is 10.2 Å². The van der Waals surface area contributed by atoms with Crippen LogP contribution in [0.3, 0.4) is 0 Å². The molecule has 0 aromatic rings. The molecule has 6 N–H and O–H groups in total. The van der Waals surface area contributed by atoms with Gasteiger partial charge in [0.15, 0.2) is 12.5 Å². The minimum atomic E-state index is -1.39. The fourth-order valence-electron chi connectivity index (χ4n) is 2.11. The number of ether oxygens (including phenoxy) is 1. The fourth-order valence-corrected chi connectivity index (χ4v) is 2.11. The van der Waals surface area contributed by atoms with Crippen LogP contribution in [0.4, 0.5) is 0 Å². The van der Waals surface area contributed by atoms with Gasteiger partial charge in [0.2, 0.25) is 0 Å². The molecule has 0 radical (unpaired) electrons. The molecule has 0 amide bonds. The van der Waals surface area contributed by atoms with Gasteiger partial charge in [0.25, 0.3) is 0 Å². The van der Waals surface area contributed by atoms with Crippen molar-refractivity contribution in [3.05, 3.63) is 11.8 Å². The van der Waals surface area contributed by atoms with E-state index in [4.69, 9.17) is 15.1 Å². The average Bonchev–Trinajstić information content (AvgIpc) is 2.67. The first-order valence-corrected chi connectivity index (χ1v) is 5.64. The van der Waals surface area contributed by atoms with E-state index in [1.165, 1.54) is 0 Å². The number of nitrogens with zero attached hydrogens (tertiary/aromatic N) is 2. The van der Waals surface area contributed by atoms with E-state index in [9.17, 15) is 20.4 Å². The van der Waals surface area contributed by atoms with Gasteiger partial charge in [0.05, 0.1) is 6.61 Å². The van der Waals surface area contributed by atoms with Gasteiger partial charge in [0.1, 0.15) is 30.6 Å². The number of hydrogen-bond acceptors (Lipinski definition) is 9. The summed E-state index contributed by atoms with van der Waals surface area (Å²) >= 11 is 0. The Kier molecular flexibility index (Phi) is 4.02. The summed E-state index contributed by atoms with van der Waals surface area (Å²) in [5.74, 6) is 0. The molecule has 0 aliphatic carbocycles. The van der Waals surface area contributed by atoms with Crippen LogP contribution < -0.4 is 5.32 Å². The summed E-state index contributed by atoms with van der Waals surface area (Å²) in [5, 5.41) is 58.7. The van der Waals surface area contributed by atoms with Crippen molar-refractivity contribution >= 4 is 0 Å². The van der Waals surface area contributed by atoms with Crippen LogP contribution in [-0.2, 0) is 4.74 Å². The van der Waals surface area contributed by atoms with E-state index in [2.05, 4.69) is 5.32 Å². The predicted molar refractivity (Wildman–Crippen MR) is 58.4 cm³/mol. The number of rotatable bonds is 2. The molecular weight excluding hydrogens is 258 g/mol. The lowest BCUT2D eigenvalue weighted by atomic mass is 10.00. The maximum absolute atomic E-state index is 9.82. The molecule has 2 rings (SSSR count). The Balaban J connectivity index is 2.24. The number of nitriles is 1. The summed E-state index contributed by atoms with van der Waals surface area (Å²) in [6, 6.07) is 0. The predicted octanol–water partition coefficient (Wildman–Crippen LogP) is -3.67. The monoisotopic (exact) mass is 273 g/mol. The minimum Gasteiger partial charge on any atom is -0.394 e. The first-order chi connectivity index (χ1) is 8.99. The van der Waals surface area contributed by atoms with E-state index in [1.807, 2.05) is 0 Å². The zero-order valence-electron chi connectivity index (χ0n) is 9.79. The maximum atomic E-state index is 9.82. The molecule has 0 spiro atoms. The van der Waals surface area contributed by atoms with Gasteiger partial charge in [-0.15, -0.1) is 0 Å². The number of aliphatic hydroxyl groups excluding tert-OH is 5. The highest BCUT2D eigenvalue weighted by atomic mass is 16.6. The summed E-state index contributed by atoms with van der Waals surface area (Å²) in [4.78, 5) is 0.816. The second kappa shape index (κ2) is 5.40. The van der Waals surface area contributed by atoms with Crippen molar-refractivity contribution in [1.82, 2.24) is 10.2 Å². The summed E-state index contributed by atoms with van der Waals surface area (Å²) < 4.78 is 5.24. The van der Waals surface area contributed by atoms with Crippen LogP contribution >= 0.6 is 0 Å². The SMILES string of the molecule is N#CN1C=C([C@@H]2O[C@H](CO)[C@@H](O)[C@H]2O)C(O)NC1O. The molecule has 19 heavy (non-hydrogen) atoms. The molecular formula is C10H15N3O6. The van der Waals surface area contributed by atoms with Crippen LogP contribution in [0, 0.1) is 11.5 Å². The fraction of sp³-hybridized carbons (Fsp3) is 0.700. The zero-order valence-corrected chi connectivity index (χ0v) is 9.79. The van der Waals surface area contributed by atoms with Gasteiger partial charge >= 0.3 is 0 Å². The van der Waals surface area contributed by atoms with Crippen molar-refractivity contribution in [2.75, 3.05) is 6.61 Å². The van der Waals surface area contributed by atoms with Crippen LogP contribution in [-0.4, -0.2) is 74.0 Å². The number of aliphatic hydroxyl groups is 5. The molecule has 9 nitrogen and oxygen atoms in total. The quantitative estimate of drug-likeness (QED) is 0.280. The summed E-state index contributed by atoms with van der Waals surface area (Å²) in [5.41, 5.74) is 0.0781. The maximum Gasteiger partial charge on any atom is 0.198 e. The molecule has 0 saturated carbocycles. The van der Waals surface area contributed by atoms with Gasteiger partial charge < -0.3 is 30.3 Å². The highest BCUT2D eigenvalue weighted by Gasteiger charge is 2.46. The van der Waals surface area contributed by atoms with Gasteiger partial charge in [-0.3, -0.25) is 0 Å². The van der Waals surface area contributed by atoms with Crippen molar-refractivity contribution < 1.29 is 30.3 Å². The lowest BCUT2D eigenvalue weighted by Crippen LogP contribution is -2.53. The van der Waals surface area contributed by atoms with Gasteiger partial charge in [0, 0.05) is 11.8 Å². The lowest BCUT2D eigenvalue weighted by Gasteiger charge is -2.33. The van der Waals surface area contributed by atoms with Crippen molar-refractivity contribution in [2.45, 2.75) is 37.0 Å². The normalized spacial score (nSPS) is 42.9. The highest BCUT2D eigenvalue weighted by molar-refractivity contribution is 5.21. The van der Waals surface area contributed by atoms with Gasteiger partial charge in [-0.1, -0.05) is 0 Å². The van der Waals surface area contributed by atoms with E-state index in [-0.39, 0.29) is 5.57 Å². The largest absolute Gasteiger partial charge is 0.394 e. The molecule has 1 saturated heterocycles. The third-order valence-electron chi connectivity index (χ3n) is 3.16. The van der Waals surface area contributed by atoms with Crippen LogP contribution in [0.25, 0.3) is 0 Å². The molecule has 106 valence electrons. The van der Waals surface area contributed by atoms with E-state index < -0.39 is 43.6 Å². The van der Waals surface area contributed by atoms with Crippen LogP contribution in [0.1, 0.15) is 0 Å². The third-order valence-corrected chi connectivity index (χ3v) is 3.16. The Labute approximate surface area is 108 Å². The third kappa shape index (κ3) is 2.43. The molecule has 9 heteroatoms. The Morgan fingerprint density at radius 2 is 2.00 bits per heavy atom. The Morgan fingerprint density at radius 1 is 1.32 bits per heavy atom. The van der Waals surface area contributed by atoms with Crippen molar-refractivity contribution in [3.63, 3.8) is 0 Å². The van der Waals surface area contributed by atoms with Crippen LogP contribution in [0.2, 0.25) is 0 Å². The summed E-state index contributed by atoms with van der Waals surface area (Å²) in [6.07, 6.45) is -4.65. The second-order valence-corrected chi connectivity index (χ2v) is 4.34. The zero-order chi connectivity index (χ0) is 14.2. The van der Waals surface area contributed by atoms with Crippen LogP contribution in [0.5, 0.6) is 0 Å². The smallest absolute Gasteiger partial charge is 0.198 e. The molecule has 0 aromatic heterocycles. The topological polar surface area (TPSA) is 149 Å². The molecule has 2 aliphatic rings. The first-order valence-electron chi connectivity index (χ1n) is 5.64. The summed E-state index contributed by atoms with van der Waals surface area (Å²) in [7, 11) is 0. The molecule has 2 unspecified atom stereocenters. The molecule has 0 aromatic carbocycles. The lowest BCUT2D eigenvalue weighted by molar-refractivity contribution is -0.0478. The minimum absolute atomic E-state index is 0.0781. The molecule has 2 aliphatic heterocycles. The van der Waals surface area contributed by atoms with Crippen molar-refractivity contribution in [1.29, 1.82) is 5.26 Å². The highest BCUT2D eigenvalue weighted by Crippen LogP contribution is 2.29. The number of hydrogen-bond donors (Lipinski definition) is 6. The number of nitrogens with one attached hydrogen (secondary N) is 1. The van der Waals surface area contributed by atoms with E-state index in [0.717, 1.165) is 11.1 Å². The Morgan fingerprint density at radius 3 is 2.53 bits per heavy atom. The Hall–Kier alpha value is -1.25. The second-order valence-electron chi connectivity index (χ2n) is 4.34. The van der Waals surface area contributed by atoms with Gasteiger partial charge in [-0.05, 0) is 0 Å². The first kappa shape index (κ1) is 14.2. The van der Waals surface area contributed by atoms with Crippen LogP contribution in [0.15, 0.2) is 11.8 Å². The average molecular weight is 273 g/mol. The summed E-state index contributed by atoms with van der Waals surface area (Å²) in [6.45, 7) is -0.490. The van der Waals surface area contributed by atoms with E-state index in [0.29, 0.717) is 0 Å². The standard InChI is InChI=1S/C10H15N3O6/c11-3-13-1-4(9(17)12-10(13)18)8-7(16)6(15)5(2-14)19-8/h1,5-10,12,14-18H,2H2/t5-,6-,7-,8+,9?,10?/m1/s1. The molecule has 6 atom stereocenters.